The summed E-state index contributed by atoms with van der Waals surface area (Å²) in [5, 5.41) is 8.45. The molecule has 0 aromatic heterocycles. The summed E-state index contributed by atoms with van der Waals surface area (Å²) in [6.07, 6.45) is 0. The first-order valence-electron chi connectivity index (χ1n) is 5.14. The van der Waals surface area contributed by atoms with E-state index in [1.165, 1.54) is 6.92 Å². The van der Waals surface area contributed by atoms with Crippen molar-refractivity contribution in [3.63, 3.8) is 0 Å². The van der Waals surface area contributed by atoms with Gasteiger partial charge in [0.2, 0.25) is 0 Å². The van der Waals surface area contributed by atoms with Crippen molar-refractivity contribution in [2.24, 2.45) is 0 Å². The lowest BCUT2D eigenvalue weighted by Gasteiger charge is -2.08. The molecule has 5 heteroatoms. The summed E-state index contributed by atoms with van der Waals surface area (Å²) in [6.45, 7) is 0.850. The molecule has 0 spiro atoms. The maximum atomic E-state index is 11.3. The van der Waals surface area contributed by atoms with Gasteiger partial charge >= 0.3 is 5.97 Å². The molecule has 0 radical (unpaired) electrons. The number of hydrogen-bond acceptors (Lipinski definition) is 5. The number of carbonyl (C=O) groups is 2. The highest BCUT2D eigenvalue weighted by atomic mass is 16.6. The quantitative estimate of drug-likeness (QED) is 0.586. The normalized spacial score (nSPS) is 9.76. The zero-order chi connectivity index (χ0) is 12.7. The van der Waals surface area contributed by atoms with E-state index in [-0.39, 0.29) is 25.6 Å². The van der Waals surface area contributed by atoms with Gasteiger partial charge in [0.05, 0.1) is 12.2 Å². The third kappa shape index (κ3) is 4.24. The zero-order valence-corrected chi connectivity index (χ0v) is 9.51. The first kappa shape index (κ1) is 13.2. The van der Waals surface area contributed by atoms with Gasteiger partial charge < -0.3 is 14.6 Å². The molecule has 1 aromatic carbocycles. The minimum Gasteiger partial charge on any atom is -0.481 e. The van der Waals surface area contributed by atoms with Crippen LogP contribution in [0.5, 0.6) is 5.75 Å². The Morgan fingerprint density at radius 2 is 2.00 bits per heavy atom. The molecule has 1 N–H and O–H groups in total. The van der Waals surface area contributed by atoms with E-state index in [1.54, 1.807) is 24.3 Å². The van der Waals surface area contributed by atoms with Gasteiger partial charge in [0, 0.05) is 0 Å². The second-order valence-corrected chi connectivity index (χ2v) is 3.29. The number of aliphatic hydroxyl groups excluding tert-OH is 1. The Kier molecular flexibility index (Phi) is 5.16. The maximum absolute atomic E-state index is 11.3. The fraction of sp³-hybridized carbons (Fsp3) is 0.333. The molecule has 0 aliphatic heterocycles. The number of rotatable bonds is 6. The molecule has 0 saturated heterocycles. The summed E-state index contributed by atoms with van der Waals surface area (Å²) >= 11 is 0. The van der Waals surface area contributed by atoms with Gasteiger partial charge in [-0.15, -0.1) is 0 Å². The standard InChI is InChI=1S/C12H14O5/c1-9(14)10-4-2-3-5-11(10)17-8-12(15)16-7-6-13/h2-5,13H,6-8H2,1H3. The van der Waals surface area contributed by atoms with Gasteiger partial charge in [-0.05, 0) is 19.1 Å². The minimum absolute atomic E-state index is 0.0590. The molecule has 1 rings (SSSR count). The van der Waals surface area contributed by atoms with Gasteiger partial charge in [-0.1, -0.05) is 12.1 Å². The number of benzene rings is 1. The van der Waals surface area contributed by atoms with E-state index in [4.69, 9.17) is 9.84 Å². The number of esters is 1. The van der Waals surface area contributed by atoms with Crippen molar-refractivity contribution < 1.29 is 24.2 Å². The van der Waals surface area contributed by atoms with Gasteiger partial charge in [0.25, 0.3) is 0 Å². The number of aliphatic hydroxyl groups is 1. The Balaban J connectivity index is 2.57. The Morgan fingerprint density at radius 3 is 2.65 bits per heavy atom. The minimum atomic E-state index is -0.586. The second-order valence-electron chi connectivity index (χ2n) is 3.29. The van der Waals surface area contributed by atoms with Gasteiger partial charge in [-0.25, -0.2) is 4.79 Å². The lowest BCUT2D eigenvalue weighted by Crippen LogP contribution is -2.17. The monoisotopic (exact) mass is 238 g/mol. The number of hydrogen-bond donors (Lipinski definition) is 1. The second kappa shape index (κ2) is 6.65. The number of ketones is 1. The SMILES string of the molecule is CC(=O)c1ccccc1OCC(=O)OCCO. The van der Waals surface area contributed by atoms with Crippen LogP contribution in [0.2, 0.25) is 0 Å². The molecule has 0 aliphatic rings. The molecule has 0 fully saturated rings. The number of para-hydroxylation sites is 1. The summed E-state index contributed by atoms with van der Waals surface area (Å²) in [5.41, 5.74) is 0.419. The van der Waals surface area contributed by atoms with Gasteiger partial charge in [-0.2, -0.15) is 0 Å². The predicted octanol–water partition coefficient (Wildman–Crippen LogP) is 0.803. The van der Waals surface area contributed by atoms with Crippen LogP contribution in [0.25, 0.3) is 0 Å². The van der Waals surface area contributed by atoms with Crippen molar-refractivity contribution >= 4 is 11.8 Å². The molecule has 0 saturated carbocycles. The highest BCUT2D eigenvalue weighted by molar-refractivity contribution is 5.96. The van der Waals surface area contributed by atoms with E-state index in [2.05, 4.69) is 4.74 Å². The zero-order valence-electron chi connectivity index (χ0n) is 9.51. The largest absolute Gasteiger partial charge is 0.481 e. The molecule has 0 unspecified atom stereocenters. The fourth-order valence-corrected chi connectivity index (χ4v) is 1.22. The van der Waals surface area contributed by atoms with E-state index < -0.39 is 5.97 Å². The first-order valence-corrected chi connectivity index (χ1v) is 5.14. The molecule has 5 nitrogen and oxygen atoms in total. The van der Waals surface area contributed by atoms with Gasteiger partial charge in [-0.3, -0.25) is 4.79 Å². The average molecular weight is 238 g/mol. The van der Waals surface area contributed by atoms with Crippen molar-refractivity contribution in [2.45, 2.75) is 6.92 Å². The molecule has 0 atom stereocenters. The van der Waals surface area contributed by atoms with Crippen molar-refractivity contribution in [1.29, 1.82) is 0 Å². The van der Waals surface area contributed by atoms with E-state index >= 15 is 0 Å². The van der Waals surface area contributed by atoms with Crippen LogP contribution in [0, 0.1) is 0 Å². The van der Waals surface area contributed by atoms with Crippen LogP contribution in [0.1, 0.15) is 17.3 Å². The Morgan fingerprint density at radius 1 is 1.29 bits per heavy atom. The molecule has 0 heterocycles. The third-order valence-electron chi connectivity index (χ3n) is 1.97. The summed E-state index contributed by atoms with van der Waals surface area (Å²) < 4.78 is 9.79. The molecule has 92 valence electrons. The Hall–Kier alpha value is -1.88. The predicted molar refractivity (Wildman–Crippen MR) is 60.0 cm³/mol. The maximum Gasteiger partial charge on any atom is 0.344 e. The lowest BCUT2D eigenvalue weighted by molar-refractivity contribution is -0.146. The smallest absolute Gasteiger partial charge is 0.344 e. The highest BCUT2D eigenvalue weighted by Gasteiger charge is 2.09. The molecule has 0 bridgehead atoms. The van der Waals surface area contributed by atoms with E-state index in [1.807, 2.05) is 0 Å². The highest BCUT2D eigenvalue weighted by Crippen LogP contribution is 2.18. The fourth-order valence-electron chi connectivity index (χ4n) is 1.22. The van der Waals surface area contributed by atoms with Crippen LogP contribution in [-0.4, -0.2) is 36.7 Å². The van der Waals surface area contributed by atoms with E-state index in [0.29, 0.717) is 11.3 Å². The van der Waals surface area contributed by atoms with Crippen LogP contribution in [0.4, 0.5) is 0 Å². The third-order valence-corrected chi connectivity index (χ3v) is 1.97. The molecular weight excluding hydrogens is 224 g/mol. The first-order chi connectivity index (χ1) is 8.15. The Bertz CT molecular complexity index is 400. The van der Waals surface area contributed by atoms with Crippen LogP contribution >= 0.6 is 0 Å². The molecule has 1 aromatic rings. The van der Waals surface area contributed by atoms with Crippen molar-refractivity contribution in [3.8, 4) is 5.75 Å². The summed E-state index contributed by atoms with van der Waals surface area (Å²) in [4.78, 5) is 22.4. The summed E-state index contributed by atoms with van der Waals surface area (Å²) in [6, 6.07) is 6.65. The van der Waals surface area contributed by atoms with Gasteiger partial charge in [0.1, 0.15) is 12.4 Å². The summed E-state index contributed by atoms with van der Waals surface area (Å²) in [7, 11) is 0. The molecule has 17 heavy (non-hydrogen) atoms. The summed E-state index contributed by atoms with van der Waals surface area (Å²) in [5.74, 6) is -0.373. The average Bonchev–Trinajstić information content (AvgIpc) is 2.34. The van der Waals surface area contributed by atoms with Gasteiger partial charge in [0.15, 0.2) is 12.4 Å². The topological polar surface area (TPSA) is 72.8 Å². The van der Waals surface area contributed by atoms with E-state index in [9.17, 15) is 9.59 Å². The molecule has 0 aliphatic carbocycles. The van der Waals surface area contributed by atoms with Crippen LogP contribution < -0.4 is 4.74 Å². The van der Waals surface area contributed by atoms with Crippen molar-refractivity contribution in [1.82, 2.24) is 0 Å². The Labute approximate surface area is 99.0 Å². The number of Topliss-reactive ketones (excluding diaryl/α,β-unsaturated/α-hetero) is 1. The molecule has 0 amide bonds. The number of ether oxygens (including phenoxy) is 2. The van der Waals surface area contributed by atoms with Crippen LogP contribution in [0.15, 0.2) is 24.3 Å². The number of carbonyl (C=O) groups excluding carboxylic acids is 2. The van der Waals surface area contributed by atoms with Crippen molar-refractivity contribution in [2.75, 3.05) is 19.8 Å². The van der Waals surface area contributed by atoms with Crippen LogP contribution in [0.3, 0.4) is 0 Å². The lowest BCUT2D eigenvalue weighted by atomic mass is 10.1. The van der Waals surface area contributed by atoms with E-state index in [0.717, 1.165) is 0 Å². The van der Waals surface area contributed by atoms with Crippen molar-refractivity contribution in [3.05, 3.63) is 29.8 Å². The van der Waals surface area contributed by atoms with Crippen LogP contribution in [-0.2, 0) is 9.53 Å². The molecular formula is C12H14O5.